The van der Waals surface area contributed by atoms with Gasteiger partial charge in [-0.2, -0.15) is 0 Å². The molecule has 0 heterocycles. The summed E-state index contributed by atoms with van der Waals surface area (Å²) in [5.41, 5.74) is 5.35. The fraction of sp³-hybridized carbons (Fsp3) is 0.364. The maximum absolute atomic E-state index is 11.0. The lowest BCUT2D eigenvalue weighted by Crippen LogP contribution is -2.49. The van der Waals surface area contributed by atoms with E-state index < -0.39 is 11.5 Å². The summed E-state index contributed by atoms with van der Waals surface area (Å²) >= 11 is 0. The van der Waals surface area contributed by atoms with Crippen molar-refractivity contribution < 1.29 is 19.6 Å². The second-order valence-electron chi connectivity index (χ2n) is 3.86. The first-order chi connectivity index (χ1) is 8.01. The van der Waals surface area contributed by atoms with Crippen molar-refractivity contribution in [2.75, 3.05) is 0 Å². The lowest BCUT2D eigenvalue weighted by atomic mass is 9.89. The fourth-order valence-corrected chi connectivity index (χ4v) is 1.46. The second kappa shape index (κ2) is 5.70. The molecule has 0 aliphatic carbocycles. The van der Waals surface area contributed by atoms with Gasteiger partial charge in [0.1, 0.15) is 5.54 Å². The van der Waals surface area contributed by atoms with Gasteiger partial charge in [0.25, 0.3) is 0 Å². The lowest BCUT2D eigenvalue weighted by molar-refractivity contribution is -0.143. The smallest absolute Gasteiger partial charge is 0.537 e. The number of carboxylic acids is 1. The molecule has 0 saturated heterocycles. The maximum atomic E-state index is 11.0. The maximum Gasteiger partial charge on any atom is 0.569 e. The van der Waals surface area contributed by atoms with Gasteiger partial charge in [-0.05, 0) is 24.1 Å². The lowest BCUT2D eigenvalue weighted by Gasteiger charge is -2.22. The zero-order chi connectivity index (χ0) is 12.9. The molecule has 1 rings (SSSR count). The van der Waals surface area contributed by atoms with Crippen LogP contribution in [0.2, 0.25) is 0 Å². The number of carbonyl (C=O) groups is 1. The predicted octanol–water partition coefficient (Wildman–Crippen LogP) is 0.327. The topological polar surface area (TPSA) is 92.8 Å². The summed E-state index contributed by atoms with van der Waals surface area (Å²) in [5, 5.41) is 17.5. The first kappa shape index (κ1) is 13.5. The number of hydrogen-bond acceptors (Lipinski definition) is 4. The first-order valence-electron chi connectivity index (χ1n) is 5.25. The Balaban J connectivity index is 2.77. The number of carboxylic acid groups (broad SMARTS) is 1. The number of aliphatic carboxylic acids is 1. The minimum absolute atomic E-state index is 0.252. The molecule has 0 fully saturated rings. The number of hydrogen-bond donors (Lipinski definition) is 3. The van der Waals surface area contributed by atoms with Crippen molar-refractivity contribution in [3.8, 4) is 5.75 Å². The molecular formula is C11H15BNO4. The SMILES string of the molecule is CC[C@](N)(Cc1ccc(O[B]O)cc1)C(=O)O. The van der Waals surface area contributed by atoms with Crippen molar-refractivity contribution in [1.29, 1.82) is 0 Å². The molecule has 1 atom stereocenters. The summed E-state index contributed by atoms with van der Waals surface area (Å²) in [7, 11) is 0.589. The fourth-order valence-electron chi connectivity index (χ4n) is 1.46. The van der Waals surface area contributed by atoms with E-state index in [9.17, 15) is 4.79 Å². The Morgan fingerprint density at radius 3 is 2.47 bits per heavy atom. The highest BCUT2D eigenvalue weighted by atomic mass is 16.5. The number of rotatable bonds is 6. The zero-order valence-corrected chi connectivity index (χ0v) is 9.59. The molecule has 0 spiro atoms. The summed E-state index contributed by atoms with van der Waals surface area (Å²) < 4.78 is 4.75. The highest BCUT2D eigenvalue weighted by molar-refractivity contribution is 6.17. The van der Waals surface area contributed by atoms with Crippen LogP contribution in [0.25, 0.3) is 0 Å². The molecule has 1 aromatic carbocycles. The molecule has 0 aliphatic heterocycles. The van der Waals surface area contributed by atoms with Gasteiger partial charge in [-0.1, -0.05) is 19.1 Å². The van der Waals surface area contributed by atoms with Crippen molar-refractivity contribution >= 4 is 13.7 Å². The van der Waals surface area contributed by atoms with E-state index in [0.29, 0.717) is 19.9 Å². The molecule has 91 valence electrons. The summed E-state index contributed by atoms with van der Waals surface area (Å²) in [6.07, 6.45) is 0.604. The van der Waals surface area contributed by atoms with E-state index in [1.165, 1.54) is 0 Å². The Hall–Kier alpha value is -1.53. The van der Waals surface area contributed by atoms with Crippen LogP contribution in [0.15, 0.2) is 24.3 Å². The van der Waals surface area contributed by atoms with Gasteiger partial charge >= 0.3 is 13.7 Å². The number of benzene rings is 1. The summed E-state index contributed by atoms with van der Waals surface area (Å²) in [4.78, 5) is 11.0. The monoisotopic (exact) mass is 236 g/mol. The van der Waals surface area contributed by atoms with Crippen LogP contribution in [0.4, 0.5) is 0 Å². The van der Waals surface area contributed by atoms with Crippen molar-refractivity contribution in [3.63, 3.8) is 0 Å². The first-order valence-corrected chi connectivity index (χ1v) is 5.25. The molecule has 17 heavy (non-hydrogen) atoms. The van der Waals surface area contributed by atoms with E-state index in [0.717, 1.165) is 5.56 Å². The minimum atomic E-state index is -1.24. The number of nitrogens with two attached hydrogens (primary N) is 1. The molecule has 5 nitrogen and oxygen atoms in total. The Kier molecular flexibility index (Phi) is 4.54. The third kappa shape index (κ3) is 3.47. The average Bonchev–Trinajstić information content (AvgIpc) is 2.31. The summed E-state index contributed by atoms with van der Waals surface area (Å²) in [6.45, 7) is 1.74. The van der Waals surface area contributed by atoms with E-state index in [4.69, 9.17) is 20.5 Å². The van der Waals surface area contributed by atoms with Crippen molar-refractivity contribution in [2.24, 2.45) is 5.73 Å². The summed E-state index contributed by atoms with van der Waals surface area (Å²) in [6, 6.07) is 6.72. The Bertz CT molecular complexity index is 382. The minimum Gasteiger partial charge on any atom is -0.537 e. The van der Waals surface area contributed by atoms with Crippen LogP contribution in [0.3, 0.4) is 0 Å². The highest BCUT2D eigenvalue weighted by Crippen LogP contribution is 2.18. The van der Waals surface area contributed by atoms with E-state index in [2.05, 4.69) is 0 Å². The van der Waals surface area contributed by atoms with Crippen LogP contribution in [0, 0.1) is 0 Å². The van der Waals surface area contributed by atoms with Gasteiger partial charge in [0.05, 0.1) is 5.75 Å². The normalized spacial score (nSPS) is 13.8. The van der Waals surface area contributed by atoms with Crippen LogP contribution in [-0.4, -0.2) is 29.3 Å². The highest BCUT2D eigenvalue weighted by Gasteiger charge is 2.31. The largest absolute Gasteiger partial charge is 0.569 e. The van der Waals surface area contributed by atoms with Gasteiger partial charge in [-0.3, -0.25) is 4.79 Å². The molecule has 4 N–H and O–H groups in total. The van der Waals surface area contributed by atoms with Gasteiger partial charge < -0.3 is 20.5 Å². The van der Waals surface area contributed by atoms with E-state index >= 15 is 0 Å². The van der Waals surface area contributed by atoms with Crippen LogP contribution in [-0.2, 0) is 11.2 Å². The molecule has 6 heteroatoms. The third-order valence-electron chi connectivity index (χ3n) is 2.69. The molecule has 0 bridgehead atoms. The van der Waals surface area contributed by atoms with Gasteiger partial charge in [-0.25, -0.2) is 0 Å². The molecule has 0 saturated carbocycles. The molecule has 0 unspecified atom stereocenters. The van der Waals surface area contributed by atoms with Gasteiger partial charge in [0, 0.05) is 6.42 Å². The zero-order valence-electron chi connectivity index (χ0n) is 9.59. The Morgan fingerprint density at radius 2 is 2.06 bits per heavy atom. The second-order valence-corrected chi connectivity index (χ2v) is 3.86. The molecule has 0 aromatic heterocycles. The molecule has 1 aromatic rings. The van der Waals surface area contributed by atoms with Crippen molar-refractivity contribution in [2.45, 2.75) is 25.3 Å². The third-order valence-corrected chi connectivity index (χ3v) is 2.69. The van der Waals surface area contributed by atoms with Crippen LogP contribution < -0.4 is 10.4 Å². The quantitative estimate of drug-likeness (QED) is 0.618. The molecule has 0 amide bonds. The van der Waals surface area contributed by atoms with Crippen LogP contribution in [0.1, 0.15) is 18.9 Å². The Morgan fingerprint density at radius 1 is 1.47 bits per heavy atom. The average molecular weight is 236 g/mol. The molecule has 1 radical (unpaired) electrons. The molecule has 0 aliphatic rings. The van der Waals surface area contributed by atoms with E-state index in [-0.39, 0.29) is 6.42 Å². The van der Waals surface area contributed by atoms with Gasteiger partial charge in [0.15, 0.2) is 0 Å². The summed E-state index contributed by atoms with van der Waals surface area (Å²) in [5.74, 6) is -0.533. The van der Waals surface area contributed by atoms with Crippen LogP contribution >= 0.6 is 0 Å². The van der Waals surface area contributed by atoms with Crippen LogP contribution in [0.5, 0.6) is 5.75 Å². The predicted molar refractivity (Wildman–Crippen MR) is 63.6 cm³/mol. The van der Waals surface area contributed by atoms with Gasteiger partial charge in [0.2, 0.25) is 0 Å². The van der Waals surface area contributed by atoms with Crippen molar-refractivity contribution in [1.82, 2.24) is 0 Å². The standard InChI is InChI=1S/C11H15BNO4/c1-2-11(13,10(14)15)7-8-3-5-9(6-4-8)17-12-16/h3-6,16H,2,7,13H2,1H3,(H,14,15)/t11-/m0/s1. The molecular weight excluding hydrogens is 221 g/mol. The van der Waals surface area contributed by atoms with E-state index in [1.54, 1.807) is 31.2 Å². The Labute approximate surface area is 101 Å². The van der Waals surface area contributed by atoms with E-state index in [1.807, 2.05) is 0 Å². The van der Waals surface area contributed by atoms with Crippen molar-refractivity contribution in [3.05, 3.63) is 29.8 Å². The van der Waals surface area contributed by atoms with Gasteiger partial charge in [-0.15, -0.1) is 0 Å².